The highest BCUT2D eigenvalue weighted by molar-refractivity contribution is 5.81. The highest BCUT2D eigenvalue weighted by Gasteiger charge is 2.08. The summed E-state index contributed by atoms with van der Waals surface area (Å²) in [6.07, 6.45) is 1.46. The molecule has 0 unspecified atom stereocenters. The van der Waals surface area contributed by atoms with Crippen LogP contribution in [0.15, 0.2) is 42.5 Å². The average Bonchev–Trinajstić information content (AvgIpc) is 2.49. The number of ether oxygens (including phenoxy) is 1. The van der Waals surface area contributed by atoms with Crippen molar-refractivity contribution >= 4 is 5.78 Å². The zero-order chi connectivity index (χ0) is 15.2. The Kier molecular flexibility index (Phi) is 4.99. The maximum Gasteiger partial charge on any atom is 0.137 e. The second-order valence-corrected chi connectivity index (χ2v) is 5.20. The standard InChI is InChI=1S/C18H20O3/c1-13-3-10-18(20)15(11-13)12-16(19)7-4-14-5-8-17(21-2)9-6-14/h3,5-6,8-11,20H,4,7,12H2,1-2H3. The lowest BCUT2D eigenvalue weighted by Crippen LogP contribution is -2.05. The van der Waals surface area contributed by atoms with Gasteiger partial charge in [-0.25, -0.2) is 0 Å². The van der Waals surface area contributed by atoms with E-state index in [1.54, 1.807) is 13.2 Å². The number of aromatic hydroxyl groups is 1. The first-order chi connectivity index (χ1) is 10.1. The summed E-state index contributed by atoms with van der Waals surface area (Å²) >= 11 is 0. The number of rotatable bonds is 6. The Balaban J connectivity index is 1.91. The Bertz CT molecular complexity index is 615. The maximum atomic E-state index is 12.0. The molecule has 0 fully saturated rings. The van der Waals surface area contributed by atoms with E-state index >= 15 is 0 Å². The fourth-order valence-corrected chi connectivity index (χ4v) is 2.23. The first-order valence-electron chi connectivity index (χ1n) is 7.01. The molecule has 0 aliphatic heterocycles. The molecule has 0 aliphatic rings. The second-order valence-electron chi connectivity index (χ2n) is 5.20. The van der Waals surface area contributed by atoms with Crippen LogP contribution >= 0.6 is 0 Å². The molecule has 0 aromatic heterocycles. The van der Waals surface area contributed by atoms with Crippen LogP contribution in [0.2, 0.25) is 0 Å². The quantitative estimate of drug-likeness (QED) is 0.883. The smallest absolute Gasteiger partial charge is 0.137 e. The van der Waals surface area contributed by atoms with E-state index in [0.717, 1.165) is 16.9 Å². The molecule has 0 bridgehead atoms. The van der Waals surface area contributed by atoms with E-state index in [2.05, 4.69) is 0 Å². The number of phenolic OH excluding ortho intramolecular Hbond substituents is 1. The highest BCUT2D eigenvalue weighted by Crippen LogP contribution is 2.20. The molecule has 1 N–H and O–H groups in total. The van der Waals surface area contributed by atoms with Gasteiger partial charge in [-0.05, 0) is 37.1 Å². The van der Waals surface area contributed by atoms with Crippen LogP contribution < -0.4 is 4.74 Å². The van der Waals surface area contributed by atoms with Crippen LogP contribution in [-0.2, 0) is 17.6 Å². The summed E-state index contributed by atoms with van der Waals surface area (Å²) < 4.78 is 5.10. The van der Waals surface area contributed by atoms with Crippen molar-refractivity contribution in [1.29, 1.82) is 0 Å². The lowest BCUT2D eigenvalue weighted by molar-refractivity contribution is -0.118. The molecule has 3 nitrogen and oxygen atoms in total. The molecule has 0 aliphatic carbocycles. The molecule has 3 heteroatoms. The molecule has 2 rings (SSSR count). The van der Waals surface area contributed by atoms with Crippen molar-refractivity contribution in [3.8, 4) is 11.5 Å². The lowest BCUT2D eigenvalue weighted by Gasteiger charge is -2.06. The third-order valence-corrected chi connectivity index (χ3v) is 3.47. The van der Waals surface area contributed by atoms with Gasteiger partial charge in [0.2, 0.25) is 0 Å². The van der Waals surface area contributed by atoms with Gasteiger partial charge in [0.05, 0.1) is 7.11 Å². The monoisotopic (exact) mass is 284 g/mol. The van der Waals surface area contributed by atoms with Gasteiger partial charge in [-0.1, -0.05) is 29.8 Å². The van der Waals surface area contributed by atoms with Gasteiger partial charge in [0.25, 0.3) is 0 Å². The van der Waals surface area contributed by atoms with Gasteiger partial charge >= 0.3 is 0 Å². The molecule has 0 saturated heterocycles. The lowest BCUT2D eigenvalue weighted by atomic mass is 10.0. The first-order valence-corrected chi connectivity index (χ1v) is 7.01. The molecular weight excluding hydrogens is 264 g/mol. The molecule has 0 heterocycles. The maximum absolute atomic E-state index is 12.0. The van der Waals surface area contributed by atoms with Crippen LogP contribution in [-0.4, -0.2) is 18.0 Å². The summed E-state index contributed by atoms with van der Waals surface area (Å²) in [5.74, 6) is 1.14. The Morgan fingerprint density at radius 1 is 1.14 bits per heavy atom. The van der Waals surface area contributed by atoms with Gasteiger partial charge in [0.15, 0.2) is 0 Å². The Labute approximate surface area is 125 Å². The minimum Gasteiger partial charge on any atom is -0.508 e. The number of ketones is 1. The molecule has 2 aromatic carbocycles. The summed E-state index contributed by atoms with van der Waals surface area (Å²) in [4.78, 5) is 12.0. The average molecular weight is 284 g/mol. The minimum atomic E-state index is 0.131. The van der Waals surface area contributed by atoms with E-state index in [-0.39, 0.29) is 18.0 Å². The van der Waals surface area contributed by atoms with E-state index in [0.29, 0.717) is 18.4 Å². The number of carbonyl (C=O) groups excluding carboxylic acids is 1. The van der Waals surface area contributed by atoms with Gasteiger partial charge < -0.3 is 9.84 Å². The number of hydrogen-bond acceptors (Lipinski definition) is 3. The normalized spacial score (nSPS) is 10.4. The molecule has 110 valence electrons. The number of benzene rings is 2. The topological polar surface area (TPSA) is 46.5 Å². The van der Waals surface area contributed by atoms with Gasteiger partial charge in [-0.3, -0.25) is 4.79 Å². The van der Waals surface area contributed by atoms with Crippen molar-refractivity contribution in [3.63, 3.8) is 0 Å². The number of hydrogen-bond donors (Lipinski definition) is 1. The molecule has 0 spiro atoms. The van der Waals surface area contributed by atoms with Crippen LogP contribution in [0.5, 0.6) is 11.5 Å². The molecular formula is C18H20O3. The van der Waals surface area contributed by atoms with Gasteiger partial charge in [0.1, 0.15) is 17.3 Å². The predicted octanol–water partition coefficient (Wildman–Crippen LogP) is 3.45. The fraction of sp³-hybridized carbons (Fsp3) is 0.278. The number of Topliss-reactive ketones (excluding diaryl/α,β-unsaturated/α-hetero) is 1. The Morgan fingerprint density at radius 3 is 2.52 bits per heavy atom. The Hall–Kier alpha value is -2.29. The van der Waals surface area contributed by atoms with Gasteiger partial charge in [-0.15, -0.1) is 0 Å². The summed E-state index contributed by atoms with van der Waals surface area (Å²) in [5, 5.41) is 9.76. The molecule has 0 radical (unpaired) electrons. The third kappa shape index (κ3) is 4.35. The van der Waals surface area contributed by atoms with Crippen molar-refractivity contribution < 1.29 is 14.6 Å². The Morgan fingerprint density at radius 2 is 1.86 bits per heavy atom. The first kappa shape index (κ1) is 15.1. The summed E-state index contributed by atoms with van der Waals surface area (Å²) in [7, 11) is 1.63. The van der Waals surface area contributed by atoms with E-state index in [1.807, 2.05) is 43.3 Å². The number of methoxy groups -OCH3 is 1. The third-order valence-electron chi connectivity index (χ3n) is 3.47. The fourth-order valence-electron chi connectivity index (χ4n) is 2.23. The predicted molar refractivity (Wildman–Crippen MR) is 82.9 cm³/mol. The van der Waals surface area contributed by atoms with Crippen LogP contribution in [0.4, 0.5) is 0 Å². The highest BCUT2D eigenvalue weighted by atomic mass is 16.5. The van der Waals surface area contributed by atoms with E-state index < -0.39 is 0 Å². The van der Waals surface area contributed by atoms with Crippen molar-refractivity contribution in [3.05, 3.63) is 59.2 Å². The molecule has 21 heavy (non-hydrogen) atoms. The second kappa shape index (κ2) is 6.93. The van der Waals surface area contributed by atoms with E-state index in [4.69, 9.17) is 4.74 Å². The zero-order valence-corrected chi connectivity index (χ0v) is 12.4. The molecule has 2 aromatic rings. The zero-order valence-electron chi connectivity index (χ0n) is 12.4. The molecule has 0 amide bonds. The summed E-state index contributed by atoms with van der Waals surface area (Å²) in [5.41, 5.74) is 2.86. The number of phenols is 1. The van der Waals surface area contributed by atoms with E-state index in [1.165, 1.54) is 0 Å². The van der Waals surface area contributed by atoms with Crippen LogP contribution in [0, 0.1) is 6.92 Å². The van der Waals surface area contributed by atoms with Crippen molar-refractivity contribution in [2.45, 2.75) is 26.2 Å². The summed E-state index contributed by atoms with van der Waals surface area (Å²) in [6, 6.07) is 13.1. The van der Waals surface area contributed by atoms with Crippen LogP contribution in [0.1, 0.15) is 23.1 Å². The minimum absolute atomic E-state index is 0.131. The van der Waals surface area contributed by atoms with Crippen LogP contribution in [0.3, 0.4) is 0 Å². The van der Waals surface area contributed by atoms with Gasteiger partial charge in [-0.2, -0.15) is 0 Å². The van der Waals surface area contributed by atoms with Crippen molar-refractivity contribution in [2.75, 3.05) is 7.11 Å². The van der Waals surface area contributed by atoms with Crippen molar-refractivity contribution in [1.82, 2.24) is 0 Å². The number of aryl methyl sites for hydroxylation is 2. The van der Waals surface area contributed by atoms with Crippen LogP contribution in [0.25, 0.3) is 0 Å². The number of carbonyl (C=O) groups is 1. The largest absolute Gasteiger partial charge is 0.508 e. The summed E-state index contributed by atoms with van der Waals surface area (Å²) in [6.45, 7) is 1.95. The molecule has 0 saturated carbocycles. The van der Waals surface area contributed by atoms with E-state index in [9.17, 15) is 9.90 Å². The van der Waals surface area contributed by atoms with Gasteiger partial charge in [0, 0.05) is 18.4 Å². The molecule has 0 atom stereocenters. The van der Waals surface area contributed by atoms with Crippen molar-refractivity contribution in [2.24, 2.45) is 0 Å². The SMILES string of the molecule is COc1ccc(CCC(=O)Cc2cc(C)ccc2O)cc1.